The van der Waals surface area contributed by atoms with Crippen molar-refractivity contribution in [3.63, 3.8) is 0 Å². The lowest BCUT2D eigenvalue weighted by molar-refractivity contribution is 0.0600. The fourth-order valence-electron chi connectivity index (χ4n) is 3.05. The van der Waals surface area contributed by atoms with Crippen LogP contribution in [0.3, 0.4) is 0 Å². The summed E-state index contributed by atoms with van der Waals surface area (Å²) in [5.74, 6) is 0.829. The molecule has 1 aromatic carbocycles. The number of esters is 1. The van der Waals surface area contributed by atoms with Crippen molar-refractivity contribution >= 4 is 29.5 Å². The van der Waals surface area contributed by atoms with Gasteiger partial charge in [0.1, 0.15) is 5.82 Å². The minimum Gasteiger partial charge on any atom is -0.465 e. The largest absolute Gasteiger partial charge is 0.465 e. The molecule has 1 fully saturated rings. The minimum absolute atomic E-state index is 0.287. The van der Waals surface area contributed by atoms with E-state index in [1.165, 1.54) is 7.11 Å². The number of methoxy groups -OCH3 is 1. The van der Waals surface area contributed by atoms with Crippen LogP contribution in [0.2, 0.25) is 0 Å². The van der Waals surface area contributed by atoms with Gasteiger partial charge in [0.25, 0.3) is 0 Å². The molecule has 1 amide bonds. The lowest BCUT2D eigenvalue weighted by Crippen LogP contribution is -2.49. The number of aryl methyl sites for hydroxylation is 1. The first-order valence-corrected chi connectivity index (χ1v) is 9.48. The van der Waals surface area contributed by atoms with Crippen molar-refractivity contribution in [2.75, 3.05) is 50.1 Å². The van der Waals surface area contributed by atoms with Gasteiger partial charge in [-0.05, 0) is 32.0 Å². The van der Waals surface area contributed by atoms with Crippen LogP contribution in [0.15, 0.2) is 30.3 Å². The Morgan fingerprint density at radius 3 is 2.59 bits per heavy atom. The number of amides is 1. The number of anilines is 3. The van der Waals surface area contributed by atoms with Crippen molar-refractivity contribution in [3.05, 3.63) is 41.6 Å². The number of rotatable bonds is 5. The van der Waals surface area contributed by atoms with Gasteiger partial charge in [0.05, 0.1) is 19.3 Å². The third kappa shape index (κ3) is 5.13. The zero-order valence-electron chi connectivity index (χ0n) is 16.8. The number of benzene rings is 1. The van der Waals surface area contributed by atoms with Gasteiger partial charge < -0.3 is 24.6 Å². The molecule has 0 atom stereocenters. The summed E-state index contributed by atoms with van der Waals surface area (Å²) in [5.41, 5.74) is 2.00. The van der Waals surface area contributed by atoms with Gasteiger partial charge in [0.2, 0.25) is 5.95 Å². The topological polar surface area (TPSA) is 96.9 Å². The highest BCUT2D eigenvalue weighted by atomic mass is 16.6. The average Bonchev–Trinajstić information content (AvgIpc) is 2.73. The Kier molecular flexibility index (Phi) is 6.48. The number of piperazine rings is 1. The standard InChI is InChI=1S/C20H25N5O4/c1-4-29-20(27)25-10-8-24(9-11-25)19-21-14(2)12-17(23-19)22-16-7-5-6-15(13-16)18(26)28-3/h5-7,12-13H,4,8-11H2,1-3H3,(H,21,22,23). The molecule has 0 bridgehead atoms. The maximum Gasteiger partial charge on any atom is 0.409 e. The smallest absolute Gasteiger partial charge is 0.409 e. The van der Waals surface area contributed by atoms with Gasteiger partial charge in [0.15, 0.2) is 0 Å². The van der Waals surface area contributed by atoms with E-state index in [9.17, 15) is 9.59 Å². The normalized spacial score (nSPS) is 13.8. The summed E-state index contributed by atoms with van der Waals surface area (Å²) in [7, 11) is 1.35. The van der Waals surface area contributed by atoms with Crippen LogP contribution in [-0.4, -0.2) is 66.8 Å². The van der Waals surface area contributed by atoms with Crippen LogP contribution < -0.4 is 10.2 Å². The van der Waals surface area contributed by atoms with Gasteiger partial charge in [-0.25, -0.2) is 14.6 Å². The second-order valence-corrected chi connectivity index (χ2v) is 6.56. The molecule has 0 spiro atoms. The first-order chi connectivity index (χ1) is 14.0. The molecule has 2 heterocycles. The van der Waals surface area contributed by atoms with Gasteiger partial charge in [-0.15, -0.1) is 0 Å². The predicted molar refractivity (Wildman–Crippen MR) is 109 cm³/mol. The second kappa shape index (κ2) is 9.22. The summed E-state index contributed by atoms with van der Waals surface area (Å²) >= 11 is 0. The molecule has 9 nitrogen and oxygen atoms in total. The Labute approximate surface area is 169 Å². The van der Waals surface area contributed by atoms with Gasteiger partial charge >= 0.3 is 12.1 Å². The van der Waals surface area contributed by atoms with Crippen LogP contribution >= 0.6 is 0 Å². The average molecular weight is 399 g/mol. The molecular weight excluding hydrogens is 374 g/mol. The van der Waals surface area contributed by atoms with Crippen LogP contribution in [0.5, 0.6) is 0 Å². The summed E-state index contributed by atoms with van der Waals surface area (Å²) in [4.78, 5) is 36.5. The summed E-state index contributed by atoms with van der Waals surface area (Å²) in [6.07, 6.45) is -0.287. The van der Waals surface area contributed by atoms with E-state index in [2.05, 4.69) is 15.3 Å². The monoisotopic (exact) mass is 399 g/mol. The molecule has 1 aliphatic rings. The van der Waals surface area contributed by atoms with Crippen LogP contribution in [0.1, 0.15) is 23.0 Å². The quantitative estimate of drug-likeness (QED) is 0.767. The van der Waals surface area contributed by atoms with Gasteiger partial charge in [0, 0.05) is 43.6 Å². The van der Waals surface area contributed by atoms with E-state index in [1.807, 2.05) is 24.0 Å². The number of carbonyl (C=O) groups excluding carboxylic acids is 2. The van der Waals surface area contributed by atoms with Crippen LogP contribution in [0.4, 0.5) is 22.2 Å². The fourth-order valence-corrected chi connectivity index (χ4v) is 3.05. The Bertz CT molecular complexity index is 881. The summed E-state index contributed by atoms with van der Waals surface area (Å²) in [6.45, 7) is 6.42. The maximum absolute atomic E-state index is 11.9. The van der Waals surface area contributed by atoms with Crippen LogP contribution in [0.25, 0.3) is 0 Å². The number of nitrogens with zero attached hydrogens (tertiary/aromatic N) is 4. The molecule has 0 unspecified atom stereocenters. The highest BCUT2D eigenvalue weighted by molar-refractivity contribution is 5.90. The van der Waals surface area contributed by atoms with Crippen molar-refractivity contribution in [2.45, 2.75) is 13.8 Å². The van der Waals surface area contributed by atoms with E-state index in [-0.39, 0.29) is 6.09 Å². The van der Waals surface area contributed by atoms with Gasteiger partial charge in [-0.1, -0.05) is 6.07 Å². The van der Waals surface area contributed by atoms with Crippen LogP contribution in [0, 0.1) is 6.92 Å². The Hall–Kier alpha value is -3.36. The lowest BCUT2D eigenvalue weighted by Gasteiger charge is -2.34. The van der Waals surface area contributed by atoms with Crippen molar-refractivity contribution in [3.8, 4) is 0 Å². The molecule has 1 aliphatic heterocycles. The lowest BCUT2D eigenvalue weighted by atomic mass is 10.2. The zero-order chi connectivity index (χ0) is 20.8. The van der Waals surface area contributed by atoms with Crippen LogP contribution in [-0.2, 0) is 9.47 Å². The molecule has 0 radical (unpaired) electrons. The Balaban J connectivity index is 1.71. The third-order valence-electron chi connectivity index (χ3n) is 4.49. The van der Waals surface area contributed by atoms with Crippen molar-refractivity contribution < 1.29 is 19.1 Å². The third-order valence-corrected chi connectivity index (χ3v) is 4.49. The maximum atomic E-state index is 11.9. The first kappa shape index (κ1) is 20.4. The highest BCUT2D eigenvalue weighted by Gasteiger charge is 2.23. The molecule has 29 heavy (non-hydrogen) atoms. The fraction of sp³-hybridized carbons (Fsp3) is 0.400. The summed E-state index contributed by atoms with van der Waals surface area (Å²) in [6, 6.07) is 8.86. The molecule has 0 saturated carbocycles. The summed E-state index contributed by atoms with van der Waals surface area (Å²) in [5, 5.41) is 3.22. The number of carbonyl (C=O) groups is 2. The van der Waals surface area contributed by atoms with Crippen molar-refractivity contribution in [1.29, 1.82) is 0 Å². The number of aromatic nitrogens is 2. The molecule has 1 aromatic heterocycles. The van der Waals surface area contributed by atoms with E-state index >= 15 is 0 Å². The number of ether oxygens (including phenoxy) is 2. The predicted octanol–water partition coefficient (Wildman–Crippen LogP) is 2.59. The van der Waals surface area contributed by atoms with Gasteiger partial charge in [-0.2, -0.15) is 4.98 Å². The van der Waals surface area contributed by atoms with E-state index in [0.717, 1.165) is 11.4 Å². The molecular formula is C20H25N5O4. The molecule has 0 aliphatic carbocycles. The zero-order valence-corrected chi connectivity index (χ0v) is 16.8. The SMILES string of the molecule is CCOC(=O)N1CCN(c2nc(C)cc(Nc3cccc(C(=O)OC)c3)n2)CC1. The number of hydrogen-bond donors (Lipinski definition) is 1. The Morgan fingerprint density at radius 1 is 1.14 bits per heavy atom. The molecule has 154 valence electrons. The van der Waals surface area contributed by atoms with E-state index in [0.29, 0.717) is 50.1 Å². The first-order valence-electron chi connectivity index (χ1n) is 9.48. The number of hydrogen-bond acceptors (Lipinski definition) is 8. The van der Waals surface area contributed by atoms with E-state index in [1.54, 1.807) is 30.0 Å². The van der Waals surface area contributed by atoms with E-state index in [4.69, 9.17) is 9.47 Å². The molecule has 1 saturated heterocycles. The van der Waals surface area contributed by atoms with Crippen molar-refractivity contribution in [1.82, 2.24) is 14.9 Å². The molecule has 1 N–H and O–H groups in total. The summed E-state index contributed by atoms with van der Waals surface area (Å²) < 4.78 is 9.82. The molecule has 3 rings (SSSR count). The molecule has 9 heteroatoms. The van der Waals surface area contributed by atoms with Gasteiger partial charge in [-0.3, -0.25) is 0 Å². The van der Waals surface area contributed by atoms with Crippen molar-refractivity contribution in [2.24, 2.45) is 0 Å². The highest BCUT2D eigenvalue weighted by Crippen LogP contribution is 2.20. The minimum atomic E-state index is -0.396. The Morgan fingerprint density at radius 2 is 1.90 bits per heavy atom. The molecule has 2 aromatic rings. The number of nitrogens with one attached hydrogen (secondary N) is 1. The second-order valence-electron chi connectivity index (χ2n) is 6.56. The van der Waals surface area contributed by atoms with E-state index < -0.39 is 5.97 Å².